The second-order valence-corrected chi connectivity index (χ2v) is 6.17. The fourth-order valence-electron chi connectivity index (χ4n) is 3.07. The predicted molar refractivity (Wildman–Crippen MR) is 88.2 cm³/mol. The number of imidazole rings is 1. The molecule has 134 valence electrons. The fraction of sp³-hybridized carbons (Fsp3) is 0.444. The van der Waals surface area contributed by atoms with Gasteiger partial charge in [0.1, 0.15) is 5.82 Å². The molecule has 0 radical (unpaired) electrons. The Bertz CT molecular complexity index is 706. The van der Waals surface area contributed by atoms with E-state index in [4.69, 9.17) is 4.74 Å². The highest BCUT2D eigenvalue weighted by atomic mass is 19.1. The van der Waals surface area contributed by atoms with Crippen molar-refractivity contribution in [1.82, 2.24) is 14.5 Å². The van der Waals surface area contributed by atoms with Crippen molar-refractivity contribution >= 4 is 5.91 Å². The summed E-state index contributed by atoms with van der Waals surface area (Å²) in [5, 5.41) is 0. The Balaban J connectivity index is 1.43. The Morgan fingerprint density at radius 1 is 1.36 bits per heavy atom. The average Bonchev–Trinajstić information content (AvgIpc) is 3.15. The first-order valence-electron chi connectivity index (χ1n) is 8.46. The molecule has 1 saturated heterocycles. The van der Waals surface area contributed by atoms with E-state index in [1.807, 2.05) is 15.7 Å². The molecule has 25 heavy (non-hydrogen) atoms. The molecule has 1 aromatic carbocycles. The molecule has 0 spiro atoms. The first-order chi connectivity index (χ1) is 12.1. The molecule has 7 heteroatoms. The van der Waals surface area contributed by atoms with Crippen molar-refractivity contribution in [3.63, 3.8) is 0 Å². The lowest BCUT2D eigenvalue weighted by Gasteiger charge is -2.33. The molecule has 2 aromatic rings. The number of halogens is 2. The zero-order valence-electron chi connectivity index (χ0n) is 13.9. The number of hydrogen-bond acceptors (Lipinski definition) is 3. The van der Waals surface area contributed by atoms with E-state index in [0.717, 1.165) is 31.5 Å². The van der Waals surface area contributed by atoms with Crippen LogP contribution < -0.4 is 4.74 Å². The largest absolute Gasteiger partial charge is 0.491 e. The number of nitrogens with zero attached hydrogens (tertiary/aromatic N) is 3. The lowest BCUT2D eigenvalue weighted by Crippen LogP contribution is -2.40. The monoisotopic (exact) mass is 349 g/mol. The van der Waals surface area contributed by atoms with Crippen LogP contribution >= 0.6 is 0 Å². The number of benzene rings is 1. The normalized spacial score (nSPS) is 17.5. The summed E-state index contributed by atoms with van der Waals surface area (Å²) in [6, 6.07) is 3.45. The van der Waals surface area contributed by atoms with Crippen LogP contribution in [-0.2, 0) is 4.79 Å². The number of amides is 1. The quantitative estimate of drug-likeness (QED) is 0.753. The van der Waals surface area contributed by atoms with Gasteiger partial charge in [0.25, 0.3) is 0 Å². The maximum atomic E-state index is 13.5. The highest BCUT2D eigenvalue weighted by Crippen LogP contribution is 2.22. The SMILES string of the molecule is O=C(CCCOc1ccc(F)cc1F)N1CCCC(n2ccnc2)C1. The molecule has 1 amide bonds. The molecule has 0 aliphatic carbocycles. The molecular weight excluding hydrogens is 328 g/mol. The number of aromatic nitrogens is 2. The maximum absolute atomic E-state index is 13.5. The van der Waals surface area contributed by atoms with Crippen molar-refractivity contribution < 1.29 is 18.3 Å². The van der Waals surface area contributed by atoms with Crippen LogP contribution in [-0.4, -0.2) is 40.1 Å². The summed E-state index contributed by atoms with van der Waals surface area (Å²) < 4.78 is 33.6. The molecule has 2 heterocycles. The van der Waals surface area contributed by atoms with Gasteiger partial charge in [0.15, 0.2) is 11.6 Å². The molecule has 1 atom stereocenters. The second kappa shape index (κ2) is 8.09. The van der Waals surface area contributed by atoms with E-state index in [1.54, 1.807) is 12.5 Å². The number of likely N-dealkylation sites (tertiary alicyclic amines) is 1. The Morgan fingerprint density at radius 2 is 2.24 bits per heavy atom. The van der Waals surface area contributed by atoms with Crippen LogP contribution in [0.2, 0.25) is 0 Å². The molecule has 1 unspecified atom stereocenters. The van der Waals surface area contributed by atoms with Crippen molar-refractivity contribution in [2.75, 3.05) is 19.7 Å². The van der Waals surface area contributed by atoms with Gasteiger partial charge in [-0.1, -0.05) is 0 Å². The molecule has 0 bridgehead atoms. The highest BCUT2D eigenvalue weighted by molar-refractivity contribution is 5.76. The number of carbonyl (C=O) groups is 1. The molecule has 0 N–H and O–H groups in total. The van der Waals surface area contributed by atoms with E-state index in [1.165, 1.54) is 6.07 Å². The third-order valence-corrected chi connectivity index (χ3v) is 4.38. The van der Waals surface area contributed by atoms with Crippen LogP contribution in [0.15, 0.2) is 36.9 Å². The lowest BCUT2D eigenvalue weighted by molar-refractivity contribution is -0.133. The molecule has 5 nitrogen and oxygen atoms in total. The summed E-state index contributed by atoms with van der Waals surface area (Å²) in [4.78, 5) is 18.3. The molecule has 3 rings (SSSR count). The van der Waals surface area contributed by atoms with Crippen molar-refractivity contribution in [1.29, 1.82) is 0 Å². The summed E-state index contributed by atoms with van der Waals surface area (Å²) in [5.74, 6) is -1.29. The van der Waals surface area contributed by atoms with Crippen LogP contribution in [0.25, 0.3) is 0 Å². The summed E-state index contributed by atoms with van der Waals surface area (Å²) in [6.45, 7) is 1.66. The third-order valence-electron chi connectivity index (χ3n) is 4.38. The average molecular weight is 349 g/mol. The number of rotatable bonds is 6. The van der Waals surface area contributed by atoms with Crippen LogP contribution in [0.5, 0.6) is 5.75 Å². The van der Waals surface area contributed by atoms with Crippen molar-refractivity contribution in [3.05, 3.63) is 48.6 Å². The van der Waals surface area contributed by atoms with E-state index in [-0.39, 0.29) is 24.3 Å². The van der Waals surface area contributed by atoms with Gasteiger partial charge in [-0.2, -0.15) is 0 Å². The Labute approximate surface area is 145 Å². The molecule has 1 aliphatic rings. The summed E-state index contributed by atoms with van der Waals surface area (Å²) >= 11 is 0. The Hall–Kier alpha value is -2.44. The third kappa shape index (κ3) is 4.55. The van der Waals surface area contributed by atoms with Gasteiger partial charge in [-0.15, -0.1) is 0 Å². The first-order valence-corrected chi connectivity index (χ1v) is 8.46. The van der Waals surface area contributed by atoms with Crippen LogP contribution in [0.4, 0.5) is 8.78 Å². The molecule has 0 saturated carbocycles. The van der Waals surface area contributed by atoms with Gasteiger partial charge >= 0.3 is 0 Å². The van der Waals surface area contributed by atoms with Gasteiger partial charge in [0.05, 0.1) is 19.0 Å². The topological polar surface area (TPSA) is 47.4 Å². The van der Waals surface area contributed by atoms with E-state index < -0.39 is 11.6 Å². The minimum Gasteiger partial charge on any atom is -0.491 e. The predicted octanol–water partition coefficient (Wildman–Crippen LogP) is 3.18. The van der Waals surface area contributed by atoms with Gasteiger partial charge in [0.2, 0.25) is 5.91 Å². The van der Waals surface area contributed by atoms with Crippen LogP contribution in [0.3, 0.4) is 0 Å². The number of piperidine rings is 1. The fourth-order valence-corrected chi connectivity index (χ4v) is 3.07. The minimum absolute atomic E-state index is 0.00648. The van der Waals surface area contributed by atoms with Gasteiger partial charge < -0.3 is 14.2 Å². The van der Waals surface area contributed by atoms with E-state index in [0.29, 0.717) is 19.4 Å². The first kappa shape index (κ1) is 17.4. The van der Waals surface area contributed by atoms with Crippen molar-refractivity contribution in [3.8, 4) is 5.75 Å². The highest BCUT2D eigenvalue weighted by Gasteiger charge is 2.24. The smallest absolute Gasteiger partial charge is 0.222 e. The van der Waals surface area contributed by atoms with Crippen molar-refractivity contribution in [2.24, 2.45) is 0 Å². The second-order valence-electron chi connectivity index (χ2n) is 6.17. The molecule has 1 aromatic heterocycles. The lowest BCUT2D eigenvalue weighted by atomic mass is 10.0. The van der Waals surface area contributed by atoms with E-state index >= 15 is 0 Å². The number of ether oxygens (including phenoxy) is 1. The summed E-state index contributed by atoms with van der Waals surface area (Å²) in [6.07, 6.45) is 8.28. The Morgan fingerprint density at radius 3 is 3.00 bits per heavy atom. The van der Waals surface area contributed by atoms with Crippen LogP contribution in [0, 0.1) is 11.6 Å². The van der Waals surface area contributed by atoms with E-state index in [2.05, 4.69) is 4.98 Å². The van der Waals surface area contributed by atoms with Gasteiger partial charge in [0, 0.05) is 38.0 Å². The van der Waals surface area contributed by atoms with Crippen LogP contribution in [0.1, 0.15) is 31.7 Å². The maximum Gasteiger partial charge on any atom is 0.222 e. The molecular formula is C18H21F2N3O2. The van der Waals surface area contributed by atoms with E-state index in [9.17, 15) is 13.6 Å². The summed E-state index contributed by atoms with van der Waals surface area (Å²) in [7, 11) is 0. The van der Waals surface area contributed by atoms with Gasteiger partial charge in [-0.3, -0.25) is 4.79 Å². The summed E-state index contributed by atoms with van der Waals surface area (Å²) in [5.41, 5.74) is 0. The zero-order chi connectivity index (χ0) is 17.6. The molecule has 1 fully saturated rings. The molecule has 1 aliphatic heterocycles. The van der Waals surface area contributed by atoms with Crippen molar-refractivity contribution in [2.45, 2.75) is 31.7 Å². The standard InChI is InChI=1S/C18H21F2N3O2/c19-14-5-6-17(16(20)11-14)25-10-2-4-18(24)22-8-1-3-15(12-22)23-9-7-21-13-23/h5-7,9,11,13,15H,1-4,8,10,12H2. The van der Waals surface area contributed by atoms with Gasteiger partial charge in [-0.25, -0.2) is 13.8 Å². The zero-order valence-corrected chi connectivity index (χ0v) is 13.9. The number of carbonyl (C=O) groups excluding carboxylic acids is 1. The Kier molecular flexibility index (Phi) is 5.63. The minimum atomic E-state index is -0.731. The van der Waals surface area contributed by atoms with Gasteiger partial charge in [-0.05, 0) is 31.4 Å². The number of hydrogen-bond donors (Lipinski definition) is 0.